The van der Waals surface area contributed by atoms with Gasteiger partial charge in [-0.3, -0.25) is 0 Å². The molecular weight excluding hydrogens is 266 g/mol. The summed E-state index contributed by atoms with van der Waals surface area (Å²) in [4.78, 5) is 0. The minimum atomic E-state index is 0.330. The Balaban J connectivity index is 2.57. The number of thioether (sulfide) groups is 1. The standard InChI is InChI=1S/C17H35NOS/c1-5-10-18-15-9-8-14(17(3,4)6-2)13-16(15)20-12-7-11-19/h14-16,18-19H,5-13H2,1-4H3. The Morgan fingerprint density at radius 2 is 2.00 bits per heavy atom. The highest BCUT2D eigenvalue weighted by molar-refractivity contribution is 7.99. The van der Waals surface area contributed by atoms with Gasteiger partial charge in [0.05, 0.1) is 0 Å². The lowest BCUT2D eigenvalue weighted by atomic mass is 9.68. The first-order valence-electron chi connectivity index (χ1n) is 8.51. The first-order chi connectivity index (χ1) is 9.55. The Morgan fingerprint density at radius 3 is 2.60 bits per heavy atom. The van der Waals surface area contributed by atoms with E-state index in [0.29, 0.717) is 18.1 Å². The second kappa shape index (κ2) is 9.32. The molecule has 0 amide bonds. The van der Waals surface area contributed by atoms with Crippen molar-refractivity contribution in [2.45, 2.75) is 77.5 Å². The van der Waals surface area contributed by atoms with Crippen LogP contribution in [0.15, 0.2) is 0 Å². The van der Waals surface area contributed by atoms with E-state index in [4.69, 9.17) is 5.11 Å². The van der Waals surface area contributed by atoms with E-state index < -0.39 is 0 Å². The fourth-order valence-corrected chi connectivity index (χ4v) is 4.61. The normalized spacial score (nSPS) is 27.8. The molecule has 2 nitrogen and oxygen atoms in total. The van der Waals surface area contributed by atoms with Crippen LogP contribution in [0.2, 0.25) is 0 Å². The summed E-state index contributed by atoms with van der Waals surface area (Å²) < 4.78 is 0. The molecule has 0 bridgehead atoms. The molecule has 3 unspecified atom stereocenters. The van der Waals surface area contributed by atoms with E-state index in [1.807, 2.05) is 0 Å². The van der Waals surface area contributed by atoms with Gasteiger partial charge < -0.3 is 10.4 Å². The van der Waals surface area contributed by atoms with Crippen molar-refractivity contribution >= 4 is 11.8 Å². The first kappa shape index (κ1) is 18.3. The molecular formula is C17H35NOS. The van der Waals surface area contributed by atoms with E-state index in [1.54, 1.807) is 0 Å². The Labute approximate surface area is 130 Å². The highest BCUT2D eigenvalue weighted by atomic mass is 32.2. The molecule has 0 aromatic carbocycles. The molecule has 0 spiro atoms. The lowest BCUT2D eigenvalue weighted by Crippen LogP contribution is -2.45. The molecule has 20 heavy (non-hydrogen) atoms. The van der Waals surface area contributed by atoms with Crippen LogP contribution in [0.4, 0.5) is 0 Å². The summed E-state index contributed by atoms with van der Waals surface area (Å²) in [6.45, 7) is 10.9. The minimum absolute atomic E-state index is 0.330. The smallest absolute Gasteiger partial charge is 0.0438 e. The third kappa shape index (κ3) is 5.57. The van der Waals surface area contributed by atoms with E-state index in [-0.39, 0.29) is 0 Å². The Kier molecular flexibility index (Phi) is 8.54. The fraction of sp³-hybridized carbons (Fsp3) is 1.00. The Morgan fingerprint density at radius 1 is 1.25 bits per heavy atom. The number of hydrogen-bond acceptors (Lipinski definition) is 3. The highest BCUT2D eigenvalue weighted by Crippen LogP contribution is 2.43. The van der Waals surface area contributed by atoms with Crippen molar-refractivity contribution in [2.75, 3.05) is 18.9 Å². The number of rotatable bonds is 9. The minimum Gasteiger partial charge on any atom is -0.396 e. The summed E-state index contributed by atoms with van der Waals surface area (Å²) in [7, 11) is 0. The van der Waals surface area contributed by atoms with Crippen LogP contribution in [-0.4, -0.2) is 35.3 Å². The van der Waals surface area contributed by atoms with Gasteiger partial charge in [0.25, 0.3) is 0 Å². The van der Waals surface area contributed by atoms with Crippen LogP contribution >= 0.6 is 11.8 Å². The second-order valence-corrected chi connectivity index (χ2v) is 8.25. The Bertz CT molecular complexity index is 257. The SMILES string of the molecule is CCCNC1CCC(C(C)(C)CC)CC1SCCCO. The van der Waals surface area contributed by atoms with E-state index in [9.17, 15) is 0 Å². The van der Waals surface area contributed by atoms with Gasteiger partial charge in [-0.15, -0.1) is 0 Å². The molecule has 0 aromatic rings. The van der Waals surface area contributed by atoms with E-state index in [1.165, 1.54) is 32.1 Å². The van der Waals surface area contributed by atoms with Crippen molar-refractivity contribution in [3.63, 3.8) is 0 Å². The number of aliphatic hydroxyl groups excluding tert-OH is 1. The van der Waals surface area contributed by atoms with Crippen LogP contribution in [0.1, 0.15) is 66.2 Å². The van der Waals surface area contributed by atoms with Gasteiger partial charge in [-0.25, -0.2) is 0 Å². The third-order valence-electron chi connectivity index (χ3n) is 5.10. The van der Waals surface area contributed by atoms with Crippen molar-refractivity contribution < 1.29 is 5.11 Å². The average Bonchev–Trinajstić information content (AvgIpc) is 2.46. The number of aliphatic hydroxyl groups is 1. The van der Waals surface area contributed by atoms with Crippen LogP contribution < -0.4 is 5.32 Å². The van der Waals surface area contributed by atoms with Gasteiger partial charge in [0.15, 0.2) is 0 Å². The molecule has 0 saturated heterocycles. The highest BCUT2D eigenvalue weighted by Gasteiger charge is 2.36. The number of nitrogens with one attached hydrogen (secondary N) is 1. The van der Waals surface area contributed by atoms with Gasteiger partial charge in [0.1, 0.15) is 0 Å². The molecule has 1 aliphatic rings. The van der Waals surface area contributed by atoms with Gasteiger partial charge in [-0.1, -0.05) is 34.1 Å². The van der Waals surface area contributed by atoms with E-state index in [0.717, 1.165) is 29.9 Å². The van der Waals surface area contributed by atoms with Gasteiger partial charge >= 0.3 is 0 Å². The zero-order chi connectivity index (χ0) is 15.0. The van der Waals surface area contributed by atoms with Crippen LogP contribution in [0.3, 0.4) is 0 Å². The predicted molar refractivity (Wildman–Crippen MR) is 91.4 cm³/mol. The molecule has 1 fully saturated rings. The maximum atomic E-state index is 8.99. The van der Waals surface area contributed by atoms with Crippen LogP contribution in [-0.2, 0) is 0 Å². The molecule has 0 heterocycles. The van der Waals surface area contributed by atoms with E-state index >= 15 is 0 Å². The predicted octanol–water partition coefficient (Wildman–Crippen LogP) is 4.08. The lowest BCUT2D eigenvalue weighted by molar-refractivity contribution is 0.141. The van der Waals surface area contributed by atoms with Crippen molar-refractivity contribution in [1.29, 1.82) is 0 Å². The molecule has 120 valence electrons. The quantitative estimate of drug-likeness (QED) is 0.630. The van der Waals surface area contributed by atoms with Crippen LogP contribution in [0.5, 0.6) is 0 Å². The van der Waals surface area contributed by atoms with Crippen molar-refractivity contribution in [3.8, 4) is 0 Å². The summed E-state index contributed by atoms with van der Waals surface area (Å²) >= 11 is 2.09. The maximum absolute atomic E-state index is 8.99. The van der Waals surface area contributed by atoms with Crippen LogP contribution in [0, 0.1) is 11.3 Å². The molecule has 0 aliphatic heterocycles. The topological polar surface area (TPSA) is 32.3 Å². The monoisotopic (exact) mass is 301 g/mol. The molecule has 3 atom stereocenters. The molecule has 1 saturated carbocycles. The van der Waals surface area contributed by atoms with Crippen LogP contribution in [0.25, 0.3) is 0 Å². The molecule has 2 N–H and O–H groups in total. The largest absolute Gasteiger partial charge is 0.396 e. The molecule has 0 radical (unpaired) electrons. The van der Waals surface area contributed by atoms with E-state index in [2.05, 4.69) is 44.8 Å². The summed E-state index contributed by atoms with van der Waals surface area (Å²) in [5.74, 6) is 1.96. The Hall–Kier alpha value is 0.270. The third-order valence-corrected chi connectivity index (χ3v) is 6.57. The van der Waals surface area contributed by atoms with Crippen molar-refractivity contribution in [3.05, 3.63) is 0 Å². The molecule has 1 aliphatic carbocycles. The summed E-state index contributed by atoms with van der Waals surface area (Å²) in [5.41, 5.74) is 0.478. The van der Waals surface area contributed by atoms with Gasteiger partial charge in [-0.2, -0.15) is 11.8 Å². The zero-order valence-electron chi connectivity index (χ0n) is 14.0. The van der Waals surface area contributed by atoms with Gasteiger partial charge in [0.2, 0.25) is 0 Å². The fourth-order valence-electron chi connectivity index (χ4n) is 3.17. The van der Waals surface area contributed by atoms with Gasteiger partial charge in [0, 0.05) is 17.9 Å². The first-order valence-corrected chi connectivity index (χ1v) is 9.55. The second-order valence-electron chi connectivity index (χ2n) is 6.90. The van der Waals surface area contributed by atoms with Crippen molar-refractivity contribution in [1.82, 2.24) is 5.32 Å². The zero-order valence-corrected chi connectivity index (χ0v) is 14.8. The molecule has 1 rings (SSSR count). The summed E-state index contributed by atoms with van der Waals surface area (Å²) in [6.07, 6.45) is 7.47. The van der Waals surface area contributed by atoms with Gasteiger partial charge in [-0.05, 0) is 55.7 Å². The number of hydrogen-bond donors (Lipinski definition) is 2. The maximum Gasteiger partial charge on any atom is 0.0438 e. The lowest BCUT2D eigenvalue weighted by Gasteiger charge is -2.43. The summed E-state index contributed by atoms with van der Waals surface area (Å²) in [6, 6.07) is 0.683. The average molecular weight is 302 g/mol. The van der Waals surface area contributed by atoms with Crippen molar-refractivity contribution in [2.24, 2.45) is 11.3 Å². The molecule has 0 aromatic heterocycles. The molecule has 3 heteroatoms. The summed E-state index contributed by atoms with van der Waals surface area (Å²) in [5, 5.41) is 13.5.